The number of halogens is 3. The highest BCUT2D eigenvalue weighted by Crippen LogP contribution is 2.51. The summed E-state index contributed by atoms with van der Waals surface area (Å²) in [5, 5.41) is 3.16. The Kier molecular flexibility index (Phi) is 7.07. The summed E-state index contributed by atoms with van der Waals surface area (Å²) in [4.78, 5) is 17.8. The van der Waals surface area contributed by atoms with Crippen LogP contribution < -0.4 is 10.2 Å². The fraction of sp³-hybridized carbons (Fsp3) is 0.364. The molecule has 3 heterocycles. The number of piperidine rings is 1. The molecule has 7 heteroatoms. The number of rotatable bonds is 6. The van der Waals surface area contributed by atoms with Crippen LogP contribution in [-0.4, -0.2) is 23.9 Å². The van der Waals surface area contributed by atoms with Gasteiger partial charge in [-0.2, -0.15) is 13.2 Å². The van der Waals surface area contributed by atoms with Gasteiger partial charge in [-0.15, -0.1) is 0 Å². The SMILES string of the molecule is CCC1=C(C(=O)NCc2ccc(N3CCC(c4ccc(C(F)(F)F)cc4)CC3)cc2)N2C=CC=CC2=CC2CC12. The van der Waals surface area contributed by atoms with E-state index < -0.39 is 11.7 Å². The van der Waals surface area contributed by atoms with Crippen molar-refractivity contribution in [2.24, 2.45) is 11.8 Å². The lowest BCUT2D eigenvalue weighted by molar-refractivity contribution is -0.137. The molecule has 40 heavy (non-hydrogen) atoms. The van der Waals surface area contributed by atoms with Gasteiger partial charge in [-0.1, -0.05) is 43.3 Å². The Bertz CT molecular complexity index is 1380. The molecule has 1 saturated heterocycles. The van der Waals surface area contributed by atoms with Crippen LogP contribution in [0.4, 0.5) is 18.9 Å². The van der Waals surface area contributed by atoms with Crippen LogP contribution in [0.3, 0.4) is 0 Å². The molecule has 0 spiro atoms. The van der Waals surface area contributed by atoms with E-state index in [1.54, 1.807) is 12.1 Å². The fourth-order valence-electron chi connectivity index (χ4n) is 6.34. The van der Waals surface area contributed by atoms with Crippen LogP contribution in [0, 0.1) is 11.8 Å². The average molecular weight is 546 g/mol. The Balaban J connectivity index is 1.05. The molecule has 2 fully saturated rings. The van der Waals surface area contributed by atoms with Gasteiger partial charge in [0.25, 0.3) is 5.91 Å². The highest BCUT2D eigenvalue weighted by atomic mass is 19.4. The van der Waals surface area contributed by atoms with E-state index >= 15 is 0 Å². The van der Waals surface area contributed by atoms with Crippen molar-refractivity contribution in [3.05, 3.63) is 113 Å². The first-order valence-electron chi connectivity index (χ1n) is 14.2. The molecule has 0 bridgehead atoms. The summed E-state index contributed by atoms with van der Waals surface area (Å²) in [6, 6.07) is 13.9. The van der Waals surface area contributed by atoms with E-state index in [-0.39, 0.29) is 11.8 Å². The number of hydrogen-bond donors (Lipinski definition) is 1. The zero-order valence-corrected chi connectivity index (χ0v) is 22.6. The molecule has 1 saturated carbocycles. The van der Waals surface area contributed by atoms with Gasteiger partial charge in [-0.05, 0) is 96.6 Å². The summed E-state index contributed by atoms with van der Waals surface area (Å²) >= 11 is 0. The van der Waals surface area contributed by atoms with Crippen LogP contribution in [-0.2, 0) is 17.5 Å². The number of amides is 1. The van der Waals surface area contributed by atoms with Gasteiger partial charge in [0.05, 0.1) is 5.56 Å². The highest BCUT2D eigenvalue weighted by Gasteiger charge is 2.43. The third kappa shape index (κ3) is 5.34. The van der Waals surface area contributed by atoms with E-state index in [1.807, 2.05) is 23.3 Å². The molecule has 4 aliphatic rings. The van der Waals surface area contributed by atoms with Gasteiger partial charge in [0.2, 0.25) is 0 Å². The van der Waals surface area contributed by atoms with Crippen molar-refractivity contribution in [1.29, 1.82) is 0 Å². The van der Waals surface area contributed by atoms with E-state index in [1.165, 1.54) is 17.7 Å². The number of carbonyl (C=O) groups excluding carboxylic acids is 1. The van der Waals surface area contributed by atoms with E-state index in [2.05, 4.69) is 53.6 Å². The standard InChI is InChI=1S/C33H34F3N3O/c1-2-29-30-20-25(30)19-28-5-3-4-16-39(28)31(29)32(40)37-21-22-6-12-27(13-7-22)38-17-14-24(15-18-38)23-8-10-26(11-9-23)33(34,35)36/h3-13,16,19,24-25,30H,2,14-15,17-18,20-21H2,1H3,(H,37,40). The third-order valence-corrected chi connectivity index (χ3v) is 8.66. The van der Waals surface area contributed by atoms with E-state index in [0.29, 0.717) is 18.4 Å². The summed E-state index contributed by atoms with van der Waals surface area (Å²) in [7, 11) is 0. The minimum atomic E-state index is -4.30. The Hall–Kier alpha value is -3.74. The zero-order chi connectivity index (χ0) is 27.9. The smallest absolute Gasteiger partial charge is 0.371 e. The van der Waals surface area contributed by atoms with Crippen molar-refractivity contribution >= 4 is 11.6 Å². The first kappa shape index (κ1) is 26.5. The monoisotopic (exact) mass is 545 g/mol. The number of nitrogens with one attached hydrogen (secondary N) is 1. The maximum Gasteiger partial charge on any atom is 0.416 e. The van der Waals surface area contributed by atoms with Gasteiger partial charge in [0, 0.05) is 37.2 Å². The Labute approximate surface area is 233 Å². The van der Waals surface area contributed by atoms with Crippen LogP contribution in [0.15, 0.2) is 96.0 Å². The fourth-order valence-corrected chi connectivity index (χ4v) is 6.34. The first-order valence-corrected chi connectivity index (χ1v) is 14.2. The normalized spacial score (nSPS) is 22.4. The van der Waals surface area contributed by atoms with Gasteiger partial charge < -0.3 is 15.1 Å². The predicted molar refractivity (Wildman–Crippen MR) is 151 cm³/mol. The highest BCUT2D eigenvalue weighted by molar-refractivity contribution is 5.94. The molecule has 6 rings (SSSR count). The summed E-state index contributed by atoms with van der Waals surface area (Å²) in [6.45, 7) is 4.30. The molecule has 208 valence electrons. The molecule has 2 aromatic carbocycles. The summed E-state index contributed by atoms with van der Waals surface area (Å²) < 4.78 is 38.7. The minimum absolute atomic E-state index is 0.0373. The van der Waals surface area contributed by atoms with Gasteiger partial charge in [-0.25, -0.2) is 0 Å². The number of alkyl halides is 3. The summed E-state index contributed by atoms with van der Waals surface area (Å²) in [5.74, 6) is 1.23. The van der Waals surface area contributed by atoms with Crippen LogP contribution in [0.5, 0.6) is 0 Å². The second-order valence-electron chi connectivity index (χ2n) is 11.1. The molecule has 2 unspecified atom stereocenters. The van der Waals surface area contributed by atoms with E-state index in [9.17, 15) is 18.0 Å². The number of allylic oxidation sites excluding steroid dienone is 5. The van der Waals surface area contributed by atoms with Crippen molar-refractivity contribution in [2.75, 3.05) is 18.0 Å². The van der Waals surface area contributed by atoms with Crippen molar-refractivity contribution in [1.82, 2.24) is 10.2 Å². The summed E-state index contributed by atoms with van der Waals surface area (Å²) in [5.41, 5.74) is 5.63. The lowest BCUT2D eigenvalue weighted by atomic mass is 9.88. The second kappa shape index (κ2) is 10.7. The molecule has 4 nitrogen and oxygen atoms in total. The van der Waals surface area contributed by atoms with Crippen molar-refractivity contribution < 1.29 is 18.0 Å². The van der Waals surface area contributed by atoms with Crippen LogP contribution >= 0.6 is 0 Å². The van der Waals surface area contributed by atoms with Gasteiger partial charge in [-0.3, -0.25) is 4.79 Å². The Morgan fingerprint density at radius 3 is 2.40 bits per heavy atom. The molecule has 1 N–H and O–H groups in total. The second-order valence-corrected chi connectivity index (χ2v) is 11.1. The number of hydrogen-bond acceptors (Lipinski definition) is 3. The molecule has 1 aliphatic carbocycles. The van der Waals surface area contributed by atoms with Crippen LogP contribution in [0.25, 0.3) is 0 Å². The Morgan fingerprint density at radius 2 is 1.73 bits per heavy atom. The topological polar surface area (TPSA) is 35.6 Å². The molecule has 1 amide bonds. The number of fused-ring (bicyclic) bond motifs is 2. The molecule has 2 atom stereocenters. The average Bonchev–Trinajstić information content (AvgIpc) is 3.74. The third-order valence-electron chi connectivity index (χ3n) is 8.66. The molecule has 3 aliphatic heterocycles. The zero-order valence-electron chi connectivity index (χ0n) is 22.6. The quantitative estimate of drug-likeness (QED) is 0.414. The first-order chi connectivity index (χ1) is 19.3. The van der Waals surface area contributed by atoms with Gasteiger partial charge >= 0.3 is 6.18 Å². The maximum absolute atomic E-state index is 13.5. The van der Waals surface area contributed by atoms with E-state index in [4.69, 9.17) is 0 Å². The number of nitrogens with zero attached hydrogens (tertiary/aromatic N) is 2. The summed E-state index contributed by atoms with van der Waals surface area (Å²) in [6.07, 6.45) is 9.83. The maximum atomic E-state index is 13.5. The van der Waals surface area contributed by atoms with E-state index in [0.717, 1.165) is 67.0 Å². The lowest BCUT2D eigenvalue weighted by Gasteiger charge is -2.34. The molecule has 2 aromatic rings. The van der Waals surface area contributed by atoms with Crippen molar-refractivity contribution in [3.8, 4) is 0 Å². The lowest BCUT2D eigenvalue weighted by Crippen LogP contribution is -2.33. The van der Waals surface area contributed by atoms with Gasteiger partial charge in [0.1, 0.15) is 5.70 Å². The Morgan fingerprint density at radius 1 is 1.00 bits per heavy atom. The van der Waals surface area contributed by atoms with Crippen molar-refractivity contribution in [2.45, 2.75) is 51.2 Å². The number of benzene rings is 2. The predicted octanol–water partition coefficient (Wildman–Crippen LogP) is 7.29. The molecular weight excluding hydrogens is 511 g/mol. The largest absolute Gasteiger partial charge is 0.416 e. The van der Waals surface area contributed by atoms with Crippen LogP contribution in [0.1, 0.15) is 55.2 Å². The van der Waals surface area contributed by atoms with Gasteiger partial charge in [0.15, 0.2) is 0 Å². The molecular formula is C33H34F3N3O. The number of carbonyl (C=O) groups is 1. The molecule has 0 radical (unpaired) electrons. The number of anilines is 1. The van der Waals surface area contributed by atoms with Crippen LogP contribution in [0.2, 0.25) is 0 Å². The molecule has 0 aromatic heterocycles. The minimum Gasteiger partial charge on any atom is -0.371 e. The van der Waals surface area contributed by atoms with Crippen molar-refractivity contribution in [3.63, 3.8) is 0 Å².